The highest BCUT2D eigenvalue weighted by Crippen LogP contribution is 2.00. The first-order chi connectivity index (χ1) is 4.83. The van der Waals surface area contributed by atoms with Crippen LogP contribution in [0.5, 0.6) is 0 Å². The maximum atomic E-state index is 10.7. The fourth-order valence-corrected chi connectivity index (χ4v) is 1.11. The average Bonchev–Trinajstić information content (AvgIpc) is 1.88. The van der Waals surface area contributed by atoms with Crippen LogP contribution in [-0.4, -0.2) is 25.2 Å². The lowest BCUT2D eigenvalue weighted by Crippen LogP contribution is -2.45. The van der Waals surface area contributed by atoms with Crippen molar-refractivity contribution in [3.8, 4) is 0 Å². The highest BCUT2D eigenvalue weighted by molar-refractivity contribution is 5.78. The van der Waals surface area contributed by atoms with Gasteiger partial charge < -0.3 is 10.1 Å². The van der Waals surface area contributed by atoms with Crippen LogP contribution in [0, 0.1) is 0 Å². The van der Waals surface area contributed by atoms with E-state index in [2.05, 4.69) is 12.2 Å². The summed E-state index contributed by atoms with van der Waals surface area (Å²) in [4.78, 5) is 10.7. The summed E-state index contributed by atoms with van der Waals surface area (Å²) >= 11 is 0. The Morgan fingerprint density at radius 3 is 3.20 bits per heavy atom. The smallest absolute Gasteiger partial charge is 0.246 e. The zero-order valence-corrected chi connectivity index (χ0v) is 6.22. The zero-order chi connectivity index (χ0) is 7.40. The van der Waals surface area contributed by atoms with Crippen LogP contribution in [0.15, 0.2) is 0 Å². The van der Waals surface area contributed by atoms with Gasteiger partial charge in [-0.25, -0.2) is 0 Å². The van der Waals surface area contributed by atoms with E-state index in [1.54, 1.807) is 0 Å². The molecule has 1 saturated heterocycles. The second kappa shape index (κ2) is 3.56. The molecule has 1 N–H and O–H groups in total. The Kier molecular flexibility index (Phi) is 2.68. The molecule has 0 bridgehead atoms. The number of rotatable bonds is 2. The summed E-state index contributed by atoms with van der Waals surface area (Å²) in [6.07, 6.45) is 2.11. The number of morpholine rings is 1. The Bertz CT molecular complexity index is 123. The van der Waals surface area contributed by atoms with Crippen LogP contribution in [0.25, 0.3) is 0 Å². The molecule has 58 valence electrons. The van der Waals surface area contributed by atoms with E-state index in [9.17, 15) is 4.79 Å². The van der Waals surface area contributed by atoms with Gasteiger partial charge in [0.1, 0.15) is 6.61 Å². The van der Waals surface area contributed by atoms with E-state index in [4.69, 9.17) is 4.74 Å². The molecule has 1 atom stereocenters. The van der Waals surface area contributed by atoms with E-state index < -0.39 is 0 Å². The first-order valence-electron chi connectivity index (χ1n) is 3.70. The summed E-state index contributed by atoms with van der Waals surface area (Å²) in [5.41, 5.74) is 0. The van der Waals surface area contributed by atoms with Gasteiger partial charge in [-0.15, -0.1) is 0 Å². The molecule has 0 aliphatic carbocycles. The van der Waals surface area contributed by atoms with Crippen LogP contribution < -0.4 is 5.32 Å². The topological polar surface area (TPSA) is 38.3 Å². The van der Waals surface area contributed by atoms with Crippen molar-refractivity contribution < 1.29 is 9.53 Å². The molecule has 3 nitrogen and oxygen atoms in total. The lowest BCUT2D eigenvalue weighted by molar-refractivity contribution is -0.131. The summed E-state index contributed by atoms with van der Waals surface area (Å²) < 4.78 is 5.03. The van der Waals surface area contributed by atoms with Gasteiger partial charge in [-0.3, -0.25) is 4.79 Å². The Balaban J connectivity index is 2.25. The van der Waals surface area contributed by atoms with Crippen molar-refractivity contribution in [1.82, 2.24) is 5.32 Å². The lowest BCUT2D eigenvalue weighted by Gasteiger charge is -2.22. The van der Waals surface area contributed by atoms with Crippen molar-refractivity contribution in [2.45, 2.75) is 25.8 Å². The molecule has 1 aliphatic heterocycles. The van der Waals surface area contributed by atoms with Crippen molar-refractivity contribution >= 4 is 5.91 Å². The number of hydrogen-bond donors (Lipinski definition) is 1. The van der Waals surface area contributed by atoms with Gasteiger partial charge in [0, 0.05) is 0 Å². The average molecular weight is 143 g/mol. The van der Waals surface area contributed by atoms with Gasteiger partial charge in [0.05, 0.1) is 12.6 Å². The van der Waals surface area contributed by atoms with Crippen molar-refractivity contribution in [3.05, 3.63) is 0 Å². The van der Waals surface area contributed by atoms with E-state index in [0.29, 0.717) is 6.61 Å². The Morgan fingerprint density at radius 2 is 2.60 bits per heavy atom. The molecule has 0 aromatic carbocycles. The minimum absolute atomic E-state index is 0.0182. The second-order valence-corrected chi connectivity index (χ2v) is 2.57. The van der Waals surface area contributed by atoms with Crippen molar-refractivity contribution in [3.63, 3.8) is 0 Å². The molecule has 3 heteroatoms. The Labute approximate surface area is 60.7 Å². The van der Waals surface area contributed by atoms with E-state index in [0.717, 1.165) is 12.8 Å². The summed E-state index contributed by atoms with van der Waals surface area (Å²) in [5, 5.41) is 2.85. The van der Waals surface area contributed by atoms with E-state index in [-0.39, 0.29) is 18.6 Å². The summed E-state index contributed by atoms with van der Waals surface area (Å²) in [6.45, 7) is 3.01. The molecule has 1 heterocycles. The van der Waals surface area contributed by atoms with Crippen LogP contribution in [0.3, 0.4) is 0 Å². The van der Waals surface area contributed by atoms with E-state index in [1.807, 2.05) is 0 Å². The van der Waals surface area contributed by atoms with Crippen LogP contribution in [0.2, 0.25) is 0 Å². The maximum Gasteiger partial charge on any atom is 0.246 e. The highest BCUT2D eigenvalue weighted by Gasteiger charge is 2.16. The van der Waals surface area contributed by atoms with Crippen LogP contribution in [0.4, 0.5) is 0 Å². The molecule has 0 radical (unpaired) electrons. The van der Waals surface area contributed by atoms with Gasteiger partial charge in [-0.2, -0.15) is 0 Å². The number of ether oxygens (including phenoxy) is 1. The molecule has 0 aromatic heterocycles. The fraction of sp³-hybridized carbons (Fsp3) is 0.857. The molecule has 1 rings (SSSR count). The third-order valence-electron chi connectivity index (χ3n) is 1.55. The molecule has 10 heavy (non-hydrogen) atoms. The molecule has 1 aliphatic rings. The lowest BCUT2D eigenvalue weighted by atomic mass is 10.1. The largest absolute Gasteiger partial charge is 0.370 e. The van der Waals surface area contributed by atoms with Gasteiger partial charge in [0.15, 0.2) is 0 Å². The van der Waals surface area contributed by atoms with Crippen LogP contribution in [-0.2, 0) is 9.53 Å². The highest BCUT2D eigenvalue weighted by atomic mass is 16.5. The monoisotopic (exact) mass is 143 g/mol. The van der Waals surface area contributed by atoms with Gasteiger partial charge in [0.2, 0.25) is 5.91 Å². The number of nitrogens with one attached hydrogen (secondary N) is 1. The van der Waals surface area contributed by atoms with Gasteiger partial charge in [-0.1, -0.05) is 13.3 Å². The zero-order valence-electron chi connectivity index (χ0n) is 6.22. The molecule has 1 amide bonds. The molecule has 0 aromatic rings. The molecule has 0 spiro atoms. The third-order valence-corrected chi connectivity index (χ3v) is 1.55. The van der Waals surface area contributed by atoms with E-state index >= 15 is 0 Å². The first-order valence-corrected chi connectivity index (χ1v) is 3.70. The minimum Gasteiger partial charge on any atom is -0.370 e. The summed E-state index contributed by atoms with van der Waals surface area (Å²) in [7, 11) is 0. The van der Waals surface area contributed by atoms with Gasteiger partial charge in [-0.05, 0) is 6.42 Å². The summed E-state index contributed by atoms with van der Waals surface area (Å²) in [6, 6.07) is 0.256. The molecule has 1 unspecified atom stereocenters. The Morgan fingerprint density at radius 1 is 1.80 bits per heavy atom. The number of carbonyl (C=O) groups excluding carboxylic acids is 1. The molecular weight excluding hydrogens is 130 g/mol. The number of amides is 1. The molecule has 1 fully saturated rings. The van der Waals surface area contributed by atoms with Gasteiger partial charge >= 0.3 is 0 Å². The third kappa shape index (κ3) is 1.99. The summed E-state index contributed by atoms with van der Waals surface area (Å²) in [5.74, 6) is 0.0182. The SMILES string of the molecule is CCCC1COCC(=O)N1. The van der Waals surface area contributed by atoms with Crippen LogP contribution >= 0.6 is 0 Å². The number of hydrogen-bond acceptors (Lipinski definition) is 2. The quantitative estimate of drug-likeness (QED) is 0.603. The molecule has 0 saturated carbocycles. The maximum absolute atomic E-state index is 10.7. The molecular formula is C7H13NO2. The van der Waals surface area contributed by atoms with Crippen molar-refractivity contribution in [1.29, 1.82) is 0 Å². The van der Waals surface area contributed by atoms with Crippen molar-refractivity contribution in [2.24, 2.45) is 0 Å². The van der Waals surface area contributed by atoms with Crippen LogP contribution in [0.1, 0.15) is 19.8 Å². The predicted octanol–water partition coefficient (Wildman–Crippen LogP) is 0.301. The first kappa shape index (κ1) is 7.54. The Hall–Kier alpha value is -0.570. The fourth-order valence-electron chi connectivity index (χ4n) is 1.11. The van der Waals surface area contributed by atoms with E-state index in [1.165, 1.54) is 0 Å². The standard InChI is InChI=1S/C7H13NO2/c1-2-3-6-4-10-5-7(9)8-6/h6H,2-5H2,1H3,(H,8,9). The van der Waals surface area contributed by atoms with Crippen molar-refractivity contribution in [2.75, 3.05) is 13.2 Å². The van der Waals surface area contributed by atoms with Gasteiger partial charge in [0.25, 0.3) is 0 Å². The second-order valence-electron chi connectivity index (χ2n) is 2.57. The number of carbonyl (C=O) groups is 1. The predicted molar refractivity (Wildman–Crippen MR) is 37.7 cm³/mol. The minimum atomic E-state index is 0.0182. The normalized spacial score (nSPS) is 26.1.